The smallest absolute Gasteiger partial charge is 0.317 e. The molecule has 0 saturated carbocycles. The zero-order valence-corrected chi connectivity index (χ0v) is 29.5. The quantitative estimate of drug-likeness (QED) is 0.123. The van der Waals surface area contributed by atoms with Gasteiger partial charge in [0, 0.05) is 76.4 Å². The van der Waals surface area contributed by atoms with E-state index >= 15 is 0 Å². The molecular weight excluding hydrogens is 672 g/mol. The number of nitrogens with one attached hydrogen (secondary N) is 1. The highest BCUT2D eigenvalue weighted by molar-refractivity contribution is 5.86. The number of Topliss-reactive ketones (excluding diaryl/α,β-unsaturated/α-hetero) is 2. The number of carboxylic acid groups (broad SMARTS) is 3. The number of aryl methyl sites for hydroxylation is 1. The van der Waals surface area contributed by atoms with Crippen LogP contribution in [0.3, 0.4) is 0 Å². The van der Waals surface area contributed by atoms with Crippen LogP contribution < -0.4 is 5.73 Å². The first-order chi connectivity index (χ1) is 24.9. The number of aromatic amines is 1. The third-order valence-corrected chi connectivity index (χ3v) is 9.07. The molecule has 0 spiro atoms. The van der Waals surface area contributed by atoms with Gasteiger partial charge in [0.15, 0.2) is 5.78 Å². The number of hydrogen-bond donors (Lipinski definition) is 5. The minimum Gasteiger partial charge on any atom is -0.480 e. The lowest BCUT2D eigenvalue weighted by Gasteiger charge is -2.32. The van der Waals surface area contributed by atoms with Crippen molar-refractivity contribution in [2.24, 2.45) is 5.73 Å². The molecule has 0 unspecified atom stereocenters. The minimum atomic E-state index is -1.01. The lowest BCUT2D eigenvalue weighted by atomic mass is 10.1. The number of ketones is 2. The van der Waals surface area contributed by atoms with E-state index in [4.69, 9.17) is 10.5 Å². The standard InChI is InChI=1S/C37H50N6O9/c38-32(20-30-19-29-3-1-2-4-33(29)39-30)34(45)26-52-25-28-7-5-27(6-8-28)9-10-31(44)21-40-11-13-41(22-35(46)47)15-17-43(24-37(50)51)18-16-42(14-12-40)23-36(48)49/h1-8,19,32,39H,9-18,20-26,38H2,(H,46,47)(H,48,49)(H,50,51)/t32-/m1/s1. The first-order valence-corrected chi connectivity index (χ1v) is 17.5. The number of hydrogen-bond acceptors (Lipinski definition) is 11. The molecule has 6 N–H and O–H groups in total. The van der Waals surface area contributed by atoms with E-state index in [1.165, 1.54) is 0 Å². The first kappa shape index (κ1) is 40.3. The summed E-state index contributed by atoms with van der Waals surface area (Å²) < 4.78 is 5.65. The number of benzene rings is 2. The molecule has 2 heterocycles. The van der Waals surface area contributed by atoms with E-state index < -0.39 is 23.9 Å². The van der Waals surface area contributed by atoms with Crippen LogP contribution in [0.5, 0.6) is 0 Å². The molecule has 0 bridgehead atoms. The third-order valence-electron chi connectivity index (χ3n) is 9.07. The Morgan fingerprint density at radius 3 is 1.67 bits per heavy atom. The number of aliphatic carboxylic acids is 3. The van der Waals surface area contributed by atoms with E-state index in [-0.39, 0.29) is 57.4 Å². The van der Waals surface area contributed by atoms with E-state index in [2.05, 4.69) is 4.98 Å². The van der Waals surface area contributed by atoms with E-state index in [9.17, 15) is 39.3 Å². The summed E-state index contributed by atoms with van der Waals surface area (Å²) >= 11 is 0. The van der Waals surface area contributed by atoms with Crippen molar-refractivity contribution in [1.29, 1.82) is 0 Å². The number of nitrogens with two attached hydrogens (primary N) is 1. The van der Waals surface area contributed by atoms with Crippen molar-refractivity contribution in [3.8, 4) is 0 Å². The molecule has 1 atom stereocenters. The van der Waals surface area contributed by atoms with Crippen LogP contribution in [0.1, 0.15) is 23.2 Å². The van der Waals surface area contributed by atoms with Gasteiger partial charge in [-0.3, -0.25) is 43.6 Å². The SMILES string of the molecule is N[C@H](Cc1cc2ccccc2[nH]1)C(=O)COCc1ccc(CCC(=O)CN2CCN(CC(=O)O)CCN(CC(=O)O)CCN(CC(=O)O)CC2)cc1. The van der Waals surface area contributed by atoms with Crippen molar-refractivity contribution in [1.82, 2.24) is 24.6 Å². The molecule has 0 radical (unpaired) electrons. The largest absolute Gasteiger partial charge is 0.480 e. The fourth-order valence-electron chi connectivity index (χ4n) is 6.17. The number of rotatable bonds is 18. The molecule has 4 rings (SSSR count). The Labute approximate surface area is 302 Å². The normalized spacial score (nSPS) is 16.6. The first-order valence-electron chi connectivity index (χ1n) is 17.5. The maximum Gasteiger partial charge on any atom is 0.317 e. The maximum absolute atomic E-state index is 13.1. The van der Waals surface area contributed by atoms with Gasteiger partial charge in [-0.2, -0.15) is 0 Å². The van der Waals surface area contributed by atoms with Gasteiger partial charge in [-0.05, 0) is 35.1 Å². The highest BCUT2D eigenvalue weighted by Gasteiger charge is 2.21. The van der Waals surface area contributed by atoms with Gasteiger partial charge in [0.1, 0.15) is 12.4 Å². The topological polar surface area (TPSA) is 210 Å². The summed E-state index contributed by atoms with van der Waals surface area (Å²) in [5, 5.41) is 29.3. The Hall–Kier alpha value is -4.51. The summed E-state index contributed by atoms with van der Waals surface area (Å²) in [5.74, 6) is -3.19. The summed E-state index contributed by atoms with van der Waals surface area (Å²) in [6.07, 6.45) is 1.20. The molecule has 0 aliphatic carbocycles. The summed E-state index contributed by atoms with van der Waals surface area (Å²) in [4.78, 5) is 70.5. The Kier molecular flexibility index (Phi) is 15.9. The number of aromatic nitrogens is 1. The number of fused-ring (bicyclic) bond motifs is 1. The van der Waals surface area contributed by atoms with Crippen molar-refractivity contribution >= 4 is 40.4 Å². The van der Waals surface area contributed by atoms with E-state index in [1.807, 2.05) is 59.5 Å². The highest BCUT2D eigenvalue weighted by atomic mass is 16.5. The minimum absolute atomic E-state index is 0.00371. The van der Waals surface area contributed by atoms with Gasteiger partial charge in [0.05, 0.1) is 38.8 Å². The highest BCUT2D eigenvalue weighted by Crippen LogP contribution is 2.16. The Morgan fingerprint density at radius 2 is 1.17 bits per heavy atom. The number of para-hydroxylation sites is 1. The van der Waals surface area contributed by atoms with Crippen LogP contribution in [-0.2, 0) is 48.2 Å². The maximum atomic E-state index is 13.1. The molecule has 1 fully saturated rings. The predicted molar refractivity (Wildman–Crippen MR) is 193 cm³/mol. The van der Waals surface area contributed by atoms with Crippen LogP contribution in [-0.4, -0.2) is 161 Å². The van der Waals surface area contributed by atoms with Crippen LogP contribution in [0.2, 0.25) is 0 Å². The van der Waals surface area contributed by atoms with E-state index in [0.717, 1.165) is 27.7 Å². The average Bonchev–Trinajstić information content (AvgIpc) is 3.50. The van der Waals surface area contributed by atoms with Gasteiger partial charge in [-0.1, -0.05) is 42.5 Å². The number of carbonyl (C=O) groups is 5. The molecule has 1 aliphatic heterocycles. The fraction of sp³-hybridized carbons (Fsp3) is 0.486. The van der Waals surface area contributed by atoms with Crippen molar-refractivity contribution in [3.05, 3.63) is 71.4 Å². The third kappa shape index (κ3) is 14.3. The van der Waals surface area contributed by atoms with Crippen LogP contribution in [0, 0.1) is 0 Å². The molecular formula is C37H50N6O9. The summed E-state index contributed by atoms with van der Waals surface area (Å²) in [5.41, 5.74) is 9.89. The molecule has 3 aromatic rings. The van der Waals surface area contributed by atoms with Crippen LogP contribution in [0.15, 0.2) is 54.6 Å². The number of nitrogens with zero attached hydrogens (tertiary/aromatic N) is 4. The second-order valence-electron chi connectivity index (χ2n) is 13.3. The lowest BCUT2D eigenvalue weighted by Crippen LogP contribution is -2.49. The molecule has 1 saturated heterocycles. The van der Waals surface area contributed by atoms with Gasteiger partial charge in [-0.15, -0.1) is 0 Å². The summed E-state index contributed by atoms with van der Waals surface area (Å²) in [6.45, 7) is 2.35. The second kappa shape index (κ2) is 20.5. The van der Waals surface area contributed by atoms with Gasteiger partial charge in [-0.25, -0.2) is 0 Å². The van der Waals surface area contributed by atoms with Gasteiger partial charge < -0.3 is 30.8 Å². The molecule has 1 aliphatic rings. The van der Waals surface area contributed by atoms with Crippen molar-refractivity contribution in [2.75, 3.05) is 85.1 Å². The summed E-state index contributed by atoms with van der Waals surface area (Å²) in [6, 6.07) is 16.8. The fourth-order valence-corrected chi connectivity index (χ4v) is 6.17. The molecule has 0 amide bonds. The molecule has 1 aromatic heterocycles. The zero-order chi connectivity index (χ0) is 37.5. The number of carboxylic acids is 3. The van der Waals surface area contributed by atoms with Crippen LogP contribution >= 0.6 is 0 Å². The predicted octanol–water partition coefficient (Wildman–Crippen LogP) is 0.801. The lowest BCUT2D eigenvalue weighted by molar-refractivity contribution is -0.140. The van der Waals surface area contributed by atoms with E-state index in [0.29, 0.717) is 65.2 Å². The Balaban J connectivity index is 1.23. The van der Waals surface area contributed by atoms with Crippen molar-refractivity contribution < 1.29 is 44.0 Å². The van der Waals surface area contributed by atoms with Gasteiger partial charge in [0.25, 0.3) is 0 Å². The van der Waals surface area contributed by atoms with Gasteiger partial charge in [0.2, 0.25) is 0 Å². The van der Waals surface area contributed by atoms with Crippen molar-refractivity contribution in [3.63, 3.8) is 0 Å². The number of H-pyrrole nitrogens is 1. The van der Waals surface area contributed by atoms with Gasteiger partial charge >= 0.3 is 17.9 Å². The van der Waals surface area contributed by atoms with Crippen molar-refractivity contribution in [2.45, 2.75) is 31.9 Å². The molecule has 282 valence electrons. The average molecular weight is 723 g/mol. The second-order valence-corrected chi connectivity index (χ2v) is 13.3. The molecule has 15 nitrogen and oxygen atoms in total. The number of ether oxygens (including phenoxy) is 1. The van der Waals surface area contributed by atoms with E-state index in [1.54, 1.807) is 14.7 Å². The van der Waals surface area contributed by atoms with Crippen LogP contribution in [0.25, 0.3) is 10.9 Å². The molecule has 15 heteroatoms. The number of carbonyl (C=O) groups excluding carboxylic acids is 2. The molecule has 52 heavy (non-hydrogen) atoms. The Bertz CT molecular complexity index is 1580. The zero-order valence-electron chi connectivity index (χ0n) is 29.5. The monoisotopic (exact) mass is 722 g/mol. The molecule has 2 aromatic carbocycles. The Morgan fingerprint density at radius 1 is 0.692 bits per heavy atom. The van der Waals surface area contributed by atoms with Crippen LogP contribution in [0.4, 0.5) is 0 Å². The summed E-state index contributed by atoms with van der Waals surface area (Å²) in [7, 11) is 0.